The summed E-state index contributed by atoms with van der Waals surface area (Å²) in [5, 5.41) is 3.13. The zero-order valence-corrected chi connectivity index (χ0v) is 10.2. The molecule has 0 spiro atoms. The largest absolute Gasteiger partial charge is 0.302 e. The molecule has 0 bridgehead atoms. The Bertz CT molecular complexity index is 308. The summed E-state index contributed by atoms with van der Waals surface area (Å²) < 4.78 is 2.14. The minimum atomic E-state index is 0.601. The Morgan fingerprint density at radius 3 is 2.38 bits per heavy atom. The molecule has 0 aliphatic carbocycles. The third kappa shape index (κ3) is 3.95. The molecule has 0 atom stereocenters. The van der Waals surface area contributed by atoms with Crippen molar-refractivity contribution in [2.24, 2.45) is 0 Å². The molecule has 0 heterocycles. The molecule has 3 heteroatoms. The highest BCUT2D eigenvalue weighted by Crippen LogP contribution is 2.19. The van der Waals surface area contributed by atoms with Crippen LogP contribution in [0.25, 0.3) is 0 Å². The lowest BCUT2D eigenvalue weighted by Crippen LogP contribution is -2.12. The summed E-state index contributed by atoms with van der Waals surface area (Å²) in [5.74, 6) is 2.53. The maximum Gasteiger partial charge on any atom is 0.0576 e. The van der Waals surface area contributed by atoms with E-state index in [2.05, 4.69) is 55.2 Å². The highest BCUT2D eigenvalue weighted by molar-refractivity contribution is 9.11. The monoisotopic (exact) mass is 301 g/mol. The van der Waals surface area contributed by atoms with Gasteiger partial charge in [0.2, 0.25) is 0 Å². The first-order chi connectivity index (χ1) is 6.22. The fourth-order valence-corrected chi connectivity index (χ4v) is 2.38. The predicted octanol–water partition coefficient (Wildman–Crippen LogP) is 2.93. The van der Waals surface area contributed by atoms with Gasteiger partial charge in [-0.15, -0.1) is 6.42 Å². The van der Waals surface area contributed by atoms with Crippen LogP contribution in [0.5, 0.6) is 0 Å². The third-order valence-electron chi connectivity index (χ3n) is 1.48. The van der Waals surface area contributed by atoms with E-state index in [-0.39, 0.29) is 0 Å². The van der Waals surface area contributed by atoms with Crippen LogP contribution in [0.1, 0.15) is 5.56 Å². The van der Waals surface area contributed by atoms with Gasteiger partial charge >= 0.3 is 0 Å². The zero-order valence-electron chi connectivity index (χ0n) is 6.98. The number of hydrogen-bond acceptors (Lipinski definition) is 1. The van der Waals surface area contributed by atoms with Gasteiger partial charge in [0.25, 0.3) is 0 Å². The van der Waals surface area contributed by atoms with Crippen molar-refractivity contribution in [3.05, 3.63) is 32.7 Å². The van der Waals surface area contributed by atoms with E-state index in [1.165, 1.54) is 5.56 Å². The zero-order chi connectivity index (χ0) is 9.68. The standard InChI is InChI=1S/C10H9Br2N/c1-2-3-13-7-8-4-9(11)6-10(12)5-8/h1,4-6,13H,3,7H2. The van der Waals surface area contributed by atoms with E-state index in [0.717, 1.165) is 15.5 Å². The lowest BCUT2D eigenvalue weighted by atomic mass is 10.2. The average Bonchev–Trinajstić information content (AvgIpc) is 2.03. The minimum absolute atomic E-state index is 0.601. The van der Waals surface area contributed by atoms with Gasteiger partial charge in [-0.1, -0.05) is 37.8 Å². The summed E-state index contributed by atoms with van der Waals surface area (Å²) in [6.07, 6.45) is 5.12. The average molecular weight is 303 g/mol. The van der Waals surface area contributed by atoms with Gasteiger partial charge in [0, 0.05) is 15.5 Å². The van der Waals surface area contributed by atoms with Gasteiger partial charge in [0.05, 0.1) is 6.54 Å². The molecule has 0 fully saturated rings. The SMILES string of the molecule is C#CCNCc1cc(Br)cc(Br)c1. The van der Waals surface area contributed by atoms with Crippen LogP contribution in [-0.2, 0) is 6.54 Å². The number of benzene rings is 1. The van der Waals surface area contributed by atoms with E-state index in [1.54, 1.807) is 0 Å². The molecule has 1 N–H and O–H groups in total. The van der Waals surface area contributed by atoms with Crippen LogP contribution in [0, 0.1) is 12.3 Å². The molecule has 68 valence electrons. The van der Waals surface area contributed by atoms with Crippen LogP contribution in [-0.4, -0.2) is 6.54 Å². The Morgan fingerprint density at radius 1 is 1.23 bits per heavy atom. The Labute approximate surface area is 95.2 Å². The Kier molecular flexibility index (Phi) is 4.51. The first kappa shape index (κ1) is 10.8. The molecule has 0 aliphatic heterocycles. The highest BCUT2D eigenvalue weighted by atomic mass is 79.9. The van der Waals surface area contributed by atoms with Crippen molar-refractivity contribution < 1.29 is 0 Å². The number of halogens is 2. The van der Waals surface area contributed by atoms with Crippen LogP contribution in [0.3, 0.4) is 0 Å². The Hall–Kier alpha value is -0.300. The molecular formula is C10H9Br2N. The molecule has 0 amide bonds. The van der Waals surface area contributed by atoms with Gasteiger partial charge in [0.1, 0.15) is 0 Å². The van der Waals surface area contributed by atoms with Gasteiger partial charge in [-0.25, -0.2) is 0 Å². The number of nitrogens with one attached hydrogen (secondary N) is 1. The quantitative estimate of drug-likeness (QED) is 0.669. The van der Waals surface area contributed by atoms with Crippen LogP contribution in [0.4, 0.5) is 0 Å². The molecule has 1 aromatic rings. The van der Waals surface area contributed by atoms with E-state index in [0.29, 0.717) is 6.54 Å². The van der Waals surface area contributed by atoms with Crippen molar-refractivity contribution in [2.75, 3.05) is 6.54 Å². The molecule has 13 heavy (non-hydrogen) atoms. The molecule has 0 radical (unpaired) electrons. The van der Waals surface area contributed by atoms with E-state index in [4.69, 9.17) is 6.42 Å². The Morgan fingerprint density at radius 2 is 1.85 bits per heavy atom. The molecule has 0 saturated heterocycles. The fraction of sp³-hybridized carbons (Fsp3) is 0.200. The van der Waals surface area contributed by atoms with Crippen molar-refractivity contribution >= 4 is 31.9 Å². The van der Waals surface area contributed by atoms with E-state index in [1.807, 2.05) is 6.07 Å². The van der Waals surface area contributed by atoms with Crippen molar-refractivity contribution in [1.29, 1.82) is 0 Å². The topological polar surface area (TPSA) is 12.0 Å². The smallest absolute Gasteiger partial charge is 0.0576 e. The van der Waals surface area contributed by atoms with E-state index in [9.17, 15) is 0 Å². The summed E-state index contributed by atoms with van der Waals surface area (Å²) >= 11 is 6.85. The van der Waals surface area contributed by atoms with E-state index < -0.39 is 0 Å². The molecular weight excluding hydrogens is 294 g/mol. The van der Waals surface area contributed by atoms with Gasteiger partial charge in [-0.3, -0.25) is 0 Å². The summed E-state index contributed by atoms with van der Waals surface area (Å²) in [5.41, 5.74) is 1.21. The number of hydrogen-bond donors (Lipinski definition) is 1. The normalized spacial score (nSPS) is 9.62. The molecule has 1 nitrogen and oxygen atoms in total. The first-order valence-corrected chi connectivity index (χ1v) is 5.40. The maximum atomic E-state index is 5.12. The second-order valence-electron chi connectivity index (χ2n) is 2.59. The first-order valence-electron chi connectivity index (χ1n) is 3.81. The number of rotatable bonds is 3. The van der Waals surface area contributed by atoms with Crippen molar-refractivity contribution in [2.45, 2.75) is 6.54 Å². The molecule has 0 saturated carbocycles. The van der Waals surface area contributed by atoms with Gasteiger partial charge in [-0.2, -0.15) is 0 Å². The van der Waals surface area contributed by atoms with Gasteiger partial charge < -0.3 is 5.32 Å². The van der Waals surface area contributed by atoms with E-state index >= 15 is 0 Å². The van der Waals surface area contributed by atoms with Crippen LogP contribution in [0.15, 0.2) is 27.1 Å². The predicted molar refractivity (Wildman–Crippen MR) is 62.4 cm³/mol. The van der Waals surface area contributed by atoms with Gasteiger partial charge in [-0.05, 0) is 23.8 Å². The lowest BCUT2D eigenvalue weighted by Gasteiger charge is -2.03. The molecule has 1 aromatic carbocycles. The summed E-state index contributed by atoms with van der Waals surface area (Å²) in [4.78, 5) is 0. The summed E-state index contributed by atoms with van der Waals surface area (Å²) in [7, 11) is 0. The third-order valence-corrected chi connectivity index (χ3v) is 2.39. The second-order valence-corrected chi connectivity index (χ2v) is 4.42. The van der Waals surface area contributed by atoms with Crippen LogP contribution >= 0.6 is 31.9 Å². The second kappa shape index (κ2) is 5.43. The van der Waals surface area contributed by atoms with Crippen molar-refractivity contribution in [3.63, 3.8) is 0 Å². The summed E-state index contributed by atoms with van der Waals surface area (Å²) in [6, 6.07) is 6.13. The molecule has 0 aromatic heterocycles. The van der Waals surface area contributed by atoms with Crippen LogP contribution in [0.2, 0.25) is 0 Å². The van der Waals surface area contributed by atoms with Crippen molar-refractivity contribution in [1.82, 2.24) is 5.32 Å². The lowest BCUT2D eigenvalue weighted by molar-refractivity contribution is 0.769. The fourth-order valence-electron chi connectivity index (χ4n) is 0.992. The van der Waals surface area contributed by atoms with Gasteiger partial charge in [0.15, 0.2) is 0 Å². The summed E-state index contributed by atoms with van der Waals surface area (Å²) in [6.45, 7) is 1.40. The maximum absolute atomic E-state index is 5.12. The molecule has 0 unspecified atom stereocenters. The number of terminal acetylenes is 1. The molecule has 1 rings (SSSR count). The van der Waals surface area contributed by atoms with Crippen molar-refractivity contribution in [3.8, 4) is 12.3 Å². The Balaban J connectivity index is 2.62. The minimum Gasteiger partial charge on any atom is -0.302 e. The highest BCUT2D eigenvalue weighted by Gasteiger charge is 1.96. The van der Waals surface area contributed by atoms with Crippen LogP contribution < -0.4 is 5.32 Å². The molecule has 0 aliphatic rings.